The van der Waals surface area contributed by atoms with Crippen molar-refractivity contribution in [3.05, 3.63) is 72.3 Å². The van der Waals surface area contributed by atoms with Crippen LogP contribution in [-0.4, -0.2) is 29.2 Å². The van der Waals surface area contributed by atoms with Gasteiger partial charge in [0.15, 0.2) is 5.82 Å². The number of piperidine rings is 1. The molecule has 2 heterocycles. The summed E-state index contributed by atoms with van der Waals surface area (Å²) in [6.45, 7) is 5.89. The van der Waals surface area contributed by atoms with E-state index in [0.29, 0.717) is 12.5 Å². The van der Waals surface area contributed by atoms with E-state index in [9.17, 15) is 4.79 Å². The third-order valence-electron chi connectivity index (χ3n) is 5.68. The van der Waals surface area contributed by atoms with Gasteiger partial charge in [-0.3, -0.25) is 4.79 Å². The first kappa shape index (κ1) is 20.1. The highest BCUT2D eigenvalue weighted by atomic mass is 16.1. The predicted molar refractivity (Wildman–Crippen MR) is 122 cm³/mol. The van der Waals surface area contributed by atoms with E-state index < -0.39 is 0 Å². The summed E-state index contributed by atoms with van der Waals surface area (Å²) >= 11 is 0. The van der Waals surface area contributed by atoms with E-state index >= 15 is 0 Å². The summed E-state index contributed by atoms with van der Waals surface area (Å²) in [4.78, 5) is 15.0. The molecule has 4 rings (SSSR count). The van der Waals surface area contributed by atoms with Gasteiger partial charge in [0.05, 0.1) is 11.6 Å². The number of hydrogen-bond acceptors (Lipinski definition) is 4. The van der Waals surface area contributed by atoms with Crippen molar-refractivity contribution in [3.63, 3.8) is 0 Å². The molecule has 1 aromatic heterocycles. The summed E-state index contributed by atoms with van der Waals surface area (Å²) in [5.41, 5.74) is 4.04. The summed E-state index contributed by atoms with van der Waals surface area (Å²) in [5.74, 6) is 1.33. The van der Waals surface area contributed by atoms with Crippen LogP contribution in [0.25, 0.3) is 11.3 Å². The number of amides is 1. The number of carbonyl (C=O) groups excluding carboxylic acids is 1. The highest BCUT2D eigenvalue weighted by molar-refractivity contribution is 5.93. The van der Waals surface area contributed by atoms with Gasteiger partial charge < -0.3 is 10.2 Å². The predicted octanol–water partition coefficient (Wildman–Crippen LogP) is 5.12. The number of nitrogens with zero attached hydrogens (tertiary/aromatic N) is 3. The summed E-state index contributed by atoms with van der Waals surface area (Å²) in [6.07, 6.45) is 1.86. The van der Waals surface area contributed by atoms with E-state index in [-0.39, 0.29) is 11.8 Å². The second kappa shape index (κ2) is 9.08. The molecule has 5 heteroatoms. The summed E-state index contributed by atoms with van der Waals surface area (Å²) < 4.78 is 0. The Kier molecular flexibility index (Phi) is 6.07. The molecule has 1 atom stereocenters. The lowest BCUT2D eigenvalue weighted by molar-refractivity contribution is -0.120. The number of aromatic nitrogens is 2. The van der Waals surface area contributed by atoms with Crippen LogP contribution in [0.1, 0.15) is 38.2 Å². The van der Waals surface area contributed by atoms with Gasteiger partial charge in [0.1, 0.15) is 0 Å². The van der Waals surface area contributed by atoms with Crippen LogP contribution in [0.5, 0.6) is 0 Å². The van der Waals surface area contributed by atoms with Crippen LogP contribution in [0.2, 0.25) is 0 Å². The zero-order valence-corrected chi connectivity index (χ0v) is 17.6. The standard InChI is InChI=1S/C25H28N4O/c1-18(2)19-10-12-22(13-11-19)26-25(30)21-9-6-16-29(17-21)24-15-14-23(27-28-24)20-7-4-3-5-8-20/h3-5,7-8,10-15,18,21H,6,9,16-17H2,1-2H3,(H,26,30)/t21-/m1/s1. The minimum Gasteiger partial charge on any atom is -0.354 e. The van der Waals surface area contributed by atoms with Crippen molar-refractivity contribution in [2.45, 2.75) is 32.6 Å². The van der Waals surface area contributed by atoms with E-state index in [1.807, 2.05) is 54.6 Å². The Labute approximate surface area is 178 Å². The minimum absolute atomic E-state index is 0.0564. The monoisotopic (exact) mass is 400 g/mol. The molecule has 1 saturated heterocycles. The summed E-state index contributed by atoms with van der Waals surface area (Å²) in [5, 5.41) is 11.9. The van der Waals surface area contributed by atoms with Crippen LogP contribution in [0.3, 0.4) is 0 Å². The Morgan fingerprint density at radius 1 is 1.00 bits per heavy atom. The van der Waals surface area contributed by atoms with E-state index in [0.717, 1.165) is 42.1 Å². The molecular weight excluding hydrogens is 372 g/mol. The van der Waals surface area contributed by atoms with Crippen LogP contribution in [0, 0.1) is 5.92 Å². The zero-order chi connectivity index (χ0) is 20.9. The summed E-state index contributed by atoms with van der Waals surface area (Å²) in [6, 6.07) is 22.2. The highest BCUT2D eigenvalue weighted by Gasteiger charge is 2.27. The Morgan fingerprint density at radius 3 is 2.43 bits per heavy atom. The second-order valence-corrected chi connectivity index (χ2v) is 8.19. The molecule has 30 heavy (non-hydrogen) atoms. The quantitative estimate of drug-likeness (QED) is 0.646. The zero-order valence-electron chi connectivity index (χ0n) is 17.6. The van der Waals surface area contributed by atoms with Crippen LogP contribution in [0.4, 0.5) is 11.5 Å². The van der Waals surface area contributed by atoms with E-state index in [1.54, 1.807) is 0 Å². The highest BCUT2D eigenvalue weighted by Crippen LogP contribution is 2.25. The van der Waals surface area contributed by atoms with E-state index in [4.69, 9.17) is 0 Å². The molecule has 0 saturated carbocycles. The minimum atomic E-state index is -0.0564. The fourth-order valence-electron chi connectivity index (χ4n) is 3.85. The maximum absolute atomic E-state index is 12.8. The van der Waals surface area contributed by atoms with Crippen molar-refractivity contribution in [3.8, 4) is 11.3 Å². The van der Waals surface area contributed by atoms with Crippen molar-refractivity contribution >= 4 is 17.4 Å². The molecule has 3 aromatic rings. The largest absolute Gasteiger partial charge is 0.354 e. The van der Waals surface area contributed by atoms with Crippen LogP contribution in [0.15, 0.2) is 66.7 Å². The SMILES string of the molecule is CC(C)c1ccc(NC(=O)[C@@H]2CCCN(c3ccc(-c4ccccc4)nn3)C2)cc1. The number of nitrogens with one attached hydrogen (secondary N) is 1. The number of benzene rings is 2. The Bertz CT molecular complexity index is 968. The first-order valence-electron chi connectivity index (χ1n) is 10.6. The van der Waals surface area contributed by atoms with Crippen LogP contribution in [-0.2, 0) is 4.79 Å². The smallest absolute Gasteiger partial charge is 0.229 e. The van der Waals surface area contributed by atoms with Crippen molar-refractivity contribution in [2.75, 3.05) is 23.3 Å². The van der Waals surface area contributed by atoms with Gasteiger partial charge in [-0.2, -0.15) is 0 Å². The topological polar surface area (TPSA) is 58.1 Å². The molecule has 1 amide bonds. The maximum atomic E-state index is 12.8. The Balaban J connectivity index is 1.39. The molecule has 0 bridgehead atoms. The molecule has 5 nitrogen and oxygen atoms in total. The molecule has 1 fully saturated rings. The molecule has 0 spiro atoms. The Hall–Kier alpha value is -3.21. The van der Waals surface area contributed by atoms with Gasteiger partial charge in [-0.1, -0.05) is 56.3 Å². The van der Waals surface area contributed by atoms with Gasteiger partial charge in [-0.05, 0) is 48.6 Å². The number of anilines is 2. The average Bonchev–Trinajstić information content (AvgIpc) is 2.80. The van der Waals surface area contributed by atoms with Crippen molar-refractivity contribution in [2.24, 2.45) is 5.92 Å². The average molecular weight is 401 g/mol. The van der Waals surface area contributed by atoms with Crippen LogP contribution < -0.4 is 10.2 Å². The Morgan fingerprint density at radius 2 is 1.77 bits per heavy atom. The molecule has 1 aliphatic rings. The van der Waals surface area contributed by atoms with Gasteiger partial charge in [0.25, 0.3) is 0 Å². The second-order valence-electron chi connectivity index (χ2n) is 8.19. The molecule has 154 valence electrons. The van der Waals surface area contributed by atoms with E-state index in [2.05, 4.69) is 46.4 Å². The molecule has 1 aliphatic heterocycles. The van der Waals surface area contributed by atoms with Gasteiger partial charge in [0, 0.05) is 24.3 Å². The fourth-order valence-corrected chi connectivity index (χ4v) is 3.85. The lowest BCUT2D eigenvalue weighted by atomic mass is 9.96. The maximum Gasteiger partial charge on any atom is 0.229 e. The fraction of sp³-hybridized carbons (Fsp3) is 0.320. The number of rotatable bonds is 5. The number of hydrogen-bond donors (Lipinski definition) is 1. The first-order valence-corrected chi connectivity index (χ1v) is 10.6. The molecule has 0 unspecified atom stereocenters. The third-order valence-corrected chi connectivity index (χ3v) is 5.68. The first-order chi connectivity index (χ1) is 14.6. The van der Waals surface area contributed by atoms with Gasteiger partial charge >= 0.3 is 0 Å². The normalized spacial score (nSPS) is 16.5. The molecular formula is C25H28N4O. The summed E-state index contributed by atoms with van der Waals surface area (Å²) in [7, 11) is 0. The van der Waals surface area contributed by atoms with Gasteiger partial charge in [0.2, 0.25) is 5.91 Å². The van der Waals surface area contributed by atoms with Crippen molar-refractivity contribution < 1.29 is 4.79 Å². The number of carbonyl (C=O) groups is 1. The molecule has 2 aromatic carbocycles. The van der Waals surface area contributed by atoms with Crippen molar-refractivity contribution in [1.29, 1.82) is 0 Å². The van der Waals surface area contributed by atoms with Gasteiger partial charge in [-0.25, -0.2) is 0 Å². The molecule has 0 aliphatic carbocycles. The van der Waals surface area contributed by atoms with Crippen LogP contribution >= 0.6 is 0 Å². The third kappa shape index (κ3) is 4.67. The lowest BCUT2D eigenvalue weighted by Gasteiger charge is -2.32. The molecule has 1 N–H and O–H groups in total. The molecule has 0 radical (unpaired) electrons. The van der Waals surface area contributed by atoms with Crippen molar-refractivity contribution in [1.82, 2.24) is 10.2 Å². The van der Waals surface area contributed by atoms with Gasteiger partial charge in [-0.15, -0.1) is 10.2 Å². The lowest BCUT2D eigenvalue weighted by Crippen LogP contribution is -2.41. The van der Waals surface area contributed by atoms with E-state index in [1.165, 1.54) is 5.56 Å².